The highest BCUT2D eigenvalue weighted by Crippen LogP contribution is 2.39. The van der Waals surface area contributed by atoms with Crippen LogP contribution in [0.25, 0.3) is 0 Å². The zero-order chi connectivity index (χ0) is 13.5. The topological polar surface area (TPSA) is 60.0 Å². The van der Waals surface area contributed by atoms with Gasteiger partial charge in [0.1, 0.15) is 0 Å². The van der Waals surface area contributed by atoms with Crippen molar-refractivity contribution >= 4 is 0 Å². The molecule has 0 radical (unpaired) electrons. The summed E-state index contributed by atoms with van der Waals surface area (Å²) >= 11 is 0. The molecule has 1 saturated carbocycles. The lowest BCUT2D eigenvalue weighted by Crippen LogP contribution is -2.23. The third-order valence-corrected chi connectivity index (χ3v) is 4.23. The van der Waals surface area contributed by atoms with Gasteiger partial charge in [-0.1, -0.05) is 5.16 Å². The van der Waals surface area contributed by atoms with Crippen LogP contribution in [0.1, 0.15) is 54.9 Å². The van der Waals surface area contributed by atoms with Gasteiger partial charge in [0.2, 0.25) is 5.89 Å². The number of aromatic nitrogens is 4. The highest BCUT2D eigenvalue weighted by Gasteiger charge is 2.31. The molecule has 0 unspecified atom stereocenters. The van der Waals surface area contributed by atoms with Gasteiger partial charge in [-0.05, 0) is 32.2 Å². The molecule has 0 amide bonds. The van der Waals surface area contributed by atoms with Gasteiger partial charge in [-0.3, -0.25) is 9.58 Å². The lowest BCUT2D eigenvalue weighted by atomic mass is 10.1. The number of hydrogen-bond donors (Lipinski definition) is 0. The first-order valence-corrected chi connectivity index (χ1v) is 7.34. The highest BCUT2D eigenvalue weighted by molar-refractivity contribution is 5.12. The maximum absolute atomic E-state index is 5.34. The molecule has 0 bridgehead atoms. The number of nitrogens with zero attached hydrogens (tertiary/aromatic N) is 5. The molecular weight excluding hydrogens is 254 g/mol. The van der Waals surface area contributed by atoms with Crippen molar-refractivity contribution < 1.29 is 4.52 Å². The Morgan fingerprint density at radius 1 is 1.35 bits per heavy atom. The molecule has 3 heterocycles. The van der Waals surface area contributed by atoms with Crippen LogP contribution in [0.4, 0.5) is 0 Å². The van der Waals surface area contributed by atoms with Crippen LogP contribution in [0.15, 0.2) is 16.9 Å². The summed E-state index contributed by atoms with van der Waals surface area (Å²) in [6.45, 7) is 1.86. The van der Waals surface area contributed by atoms with Gasteiger partial charge in [-0.2, -0.15) is 10.1 Å². The van der Waals surface area contributed by atoms with Crippen LogP contribution < -0.4 is 0 Å². The zero-order valence-corrected chi connectivity index (χ0v) is 11.7. The first kappa shape index (κ1) is 12.1. The summed E-state index contributed by atoms with van der Waals surface area (Å²) in [5.41, 5.74) is 1.29. The first-order valence-electron chi connectivity index (χ1n) is 7.34. The fourth-order valence-corrected chi connectivity index (χ4v) is 3.01. The second-order valence-electron chi connectivity index (χ2n) is 5.90. The van der Waals surface area contributed by atoms with E-state index in [0.717, 1.165) is 24.8 Å². The van der Waals surface area contributed by atoms with E-state index in [2.05, 4.69) is 26.3 Å². The lowest BCUT2D eigenvalue weighted by molar-refractivity contribution is 0.238. The van der Waals surface area contributed by atoms with E-state index in [1.54, 1.807) is 0 Å². The first-order chi connectivity index (χ1) is 9.79. The minimum Gasteiger partial charge on any atom is -0.339 e. The molecule has 6 nitrogen and oxygen atoms in total. The van der Waals surface area contributed by atoms with Crippen molar-refractivity contribution in [3.8, 4) is 0 Å². The minimum absolute atomic E-state index is 0.437. The monoisotopic (exact) mass is 273 g/mol. The predicted octanol–water partition coefficient (Wildman–Crippen LogP) is 2.02. The van der Waals surface area contributed by atoms with E-state index in [0.29, 0.717) is 12.0 Å². The molecule has 20 heavy (non-hydrogen) atoms. The van der Waals surface area contributed by atoms with Gasteiger partial charge in [-0.15, -0.1) is 0 Å². The van der Waals surface area contributed by atoms with Crippen molar-refractivity contribution in [3.05, 3.63) is 29.7 Å². The van der Waals surface area contributed by atoms with Crippen LogP contribution in [0.2, 0.25) is 0 Å². The number of hydrogen-bond acceptors (Lipinski definition) is 5. The van der Waals surface area contributed by atoms with Gasteiger partial charge in [0.25, 0.3) is 0 Å². The Balaban J connectivity index is 1.48. The number of rotatable bonds is 4. The molecular formula is C14H19N5O. The van der Waals surface area contributed by atoms with Gasteiger partial charge in [0.15, 0.2) is 5.82 Å². The molecule has 2 fully saturated rings. The van der Waals surface area contributed by atoms with Crippen LogP contribution in [0, 0.1) is 0 Å². The normalized spacial score (nSPS) is 23.6. The zero-order valence-electron chi connectivity index (χ0n) is 11.7. The maximum atomic E-state index is 5.34. The molecule has 0 aromatic carbocycles. The van der Waals surface area contributed by atoms with Gasteiger partial charge < -0.3 is 4.52 Å². The molecule has 1 aliphatic heterocycles. The smallest absolute Gasteiger partial charge is 0.229 e. The molecule has 1 aliphatic carbocycles. The van der Waals surface area contributed by atoms with E-state index >= 15 is 0 Å². The summed E-state index contributed by atoms with van der Waals surface area (Å²) in [4.78, 5) is 6.96. The summed E-state index contributed by atoms with van der Waals surface area (Å²) in [7, 11) is 1.96. The van der Waals surface area contributed by atoms with Gasteiger partial charge in [-0.25, -0.2) is 0 Å². The van der Waals surface area contributed by atoms with E-state index in [9.17, 15) is 0 Å². The van der Waals surface area contributed by atoms with Crippen molar-refractivity contribution in [2.75, 3.05) is 6.54 Å². The minimum atomic E-state index is 0.437. The quantitative estimate of drug-likeness (QED) is 0.853. The molecule has 2 aromatic heterocycles. The molecule has 4 rings (SSSR count). The summed E-state index contributed by atoms with van der Waals surface area (Å²) in [5, 5.41) is 8.40. The molecule has 0 spiro atoms. The molecule has 106 valence electrons. The summed E-state index contributed by atoms with van der Waals surface area (Å²) < 4.78 is 7.21. The van der Waals surface area contributed by atoms with E-state index in [4.69, 9.17) is 4.52 Å². The van der Waals surface area contributed by atoms with E-state index in [-0.39, 0.29) is 0 Å². The van der Waals surface area contributed by atoms with Crippen molar-refractivity contribution in [1.82, 2.24) is 24.8 Å². The van der Waals surface area contributed by atoms with Crippen molar-refractivity contribution in [2.45, 2.75) is 44.2 Å². The van der Waals surface area contributed by atoms with Gasteiger partial charge in [0.05, 0.1) is 12.7 Å². The summed E-state index contributed by atoms with van der Waals surface area (Å²) in [5.74, 6) is 2.18. The van der Waals surface area contributed by atoms with E-state index in [1.165, 1.54) is 31.2 Å². The molecule has 0 N–H and O–H groups in total. The Hall–Kier alpha value is -1.69. The second kappa shape index (κ2) is 4.70. The fraction of sp³-hybridized carbons (Fsp3) is 0.643. The van der Waals surface area contributed by atoms with Gasteiger partial charge >= 0.3 is 0 Å². The Morgan fingerprint density at radius 3 is 3.00 bits per heavy atom. The van der Waals surface area contributed by atoms with Crippen molar-refractivity contribution in [2.24, 2.45) is 7.05 Å². The fourth-order valence-electron chi connectivity index (χ4n) is 3.01. The van der Waals surface area contributed by atoms with Crippen molar-refractivity contribution in [1.29, 1.82) is 0 Å². The third-order valence-electron chi connectivity index (χ3n) is 4.23. The molecule has 2 aromatic rings. The van der Waals surface area contributed by atoms with Crippen LogP contribution >= 0.6 is 0 Å². The SMILES string of the molecule is Cn1cc([C@H]2CCCN2Cc2noc(C3CC3)n2)cn1. The Morgan fingerprint density at radius 2 is 2.25 bits per heavy atom. The predicted molar refractivity (Wildman–Crippen MR) is 71.9 cm³/mol. The molecule has 2 aliphatic rings. The van der Waals surface area contributed by atoms with Gasteiger partial charge in [0, 0.05) is 30.8 Å². The maximum Gasteiger partial charge on any atom is 0.229 e. The van der Waals surface area contributed by atoms with Crippen LogP contribution in [-0.4, -0.2) is 31.4 Å². The second-order valence-corrected chi connectivity index (χ2v) is 5.90. The summed E-state index contributed by atoms with van der Waals surface area (Å²) in [6.07, 6.45) is 8.86. The average molecular weight is 273 g/mol. The highest BCUT2D eigenvalue weighted by atomic mass is 16.5. The lowest BCUT2D eigenvalue weighted by Gasteiger charge is -2.21. The molecule has 1 atom stereocenters. The van der Waals surface area contributed by atoms with Crippen LogP contribution in [0.3, 0.4) is 0 Å². The van der Waals surface area contributed by atoms with Crippen LogP contribution in [-0.2, 0) is 13.6 Å². The van der Waals surface area contributed by atoms with Crippen LogP contribution in [0.5, 0.6) is 0 Å². The molecule has 6 heteroatoms. The largest absolute Gasteiger partial charge is 0.339 e. The van der Waals surface area contributed by atoms with Crippen molar-refractivity contribution in [3.63, 3.8) is 0 Å². The number of aryl methyl sites for hydroxylation is 1. The van der Waals surface area contributed by atoms with E-state index in [1.807, 2.05) is 17.9 Å². The summed E-state index contributed by atoms with van der Waals surface area (Å²) in [6, 6.07) is 0.437. The average Bonchev–Trinajstić information content (AvgIpc) is 2.86. The number of likely N-dealkylation sites (tertiary alicyclic amines) is 1. The van der Waals surface area contributed by atoms with E-state index < -0.39 is 0 Å². The third kappa shape index (κ3) is 2.24. The Bertz CT molecular complexity index is 600. The molecule has 1 saturated heterocycles. The Labute approximate surface area is 117 Å². The Kier molecular flexibility index (Phi) is 2.84. The standard InChI is InChI=1S/C14H19N5O/c1-18-8-11(7-15-18)12-3-2-6-19(12)9-13-16-14(20-17-13)10-4-5-10/h7-8,10,12H,2-6,9H2,1H3/t12-/m1/s1.